The van der Waals surface area contributed by atoms with Crippen molar-refractivity contribution in [3.63, 3.8) is 0 Å². The van der Waals surface area contributed by atoms with Crippen LogP contribution in [-0.4, -0.2) is 41.1 Å². The normalized spacial score (nSPS) is 29.1. The van der Waals surface area contributed by atoms with Gasteiger partial charge in [0.1, 0.15) is 0 Å². The van der Waals surface area contributed by atoms with E-state index in [4.69, 9.17) is 0 Å². The smallest absolute Gasteiger partial charge is 0.0793 e. The van der Waals surface area contributed by atoms with Gasteiger partial charge in [-0.2, -0.15) is 0 Å². The van der Waals surface area contributed by atoms with E-state index in [0.717, 1.165) is 18.4 Å². The Kier molecular flexibility index (Phi) is 2.96. The lowest BCUT2D eigenvalue weighted by Crippen LogP contribution is -2.54. The minimum Gasteiger partial charge on any atom is -0.390 e. The first-order valence-electron chi connectivity index (χ1n) is 5.20. The first kappa shape index (κ1) is 9.94. The summed E-state index contributed by atoms with van der Waals surface area (Å²) in [6.45, 7) is 2.98. The molecule has 1 N–H and O–H groups in total. The summed E-state index contributed by atoms with van der Waals surface area (Å²) in [5, 5.41) is 10.3. The van der Waals surface area contributed by atoms with Crippen molar-refractivity contribution in [1.82, 2.24) is 4.90 Å². The number of hydrogen-bond donors (Lipinski definition) is 1. The van der Waals surface area contributed by atoms with Crippen molar-refractivity contribution in [3.8, 4) is 0 Å². The van der Waals surface area contributed by atoms with Crippen molar-refractivity contribution in [2.24, 2.45) is 5.41 Å². The molecule has 0 aromatic rings. The zero-order chi connectivity index (χ0) is 9.31. The van der Waals surface area contributed by atoms with Crippen molar-refractivity contribution in [2.75, 3.05) is 25.0 Å². The summed E-state index contributed by atoms with van der Waals surface area (Å²) in [4.78, 5) is 2.39. The Morgan fingerprint density at radius 3 is 2.38 bits per heavy atom. The summed E-state index contributed by atoms with van der Waals surface area (Å²) in [6, 6.07) is 0. The number of aliphatic hydroxyl groups excluding tert-OH is 1. The third kappa shape index (κ3) is 2.08. The van der Waals surface area contributed by atoms with Crippen molar-refractivity contribution in [1.29, 1.82) is 0 Å². The van der Waals surface area contributed by atoms with E-state index >= 15 is 0 Å². The lowest BCUT2D eigenvalue weighted by atomic mass is 9.87. The van der Waals surface area contributed by atoms with E-state index in [2.05, 4.69) is 20.8 Å². The molecule has 2 fully saturated rings. The molecule has 2 aliphatic rings. The Labute approximate surface area is 88.4 Å². The molecule has 0 atom stereocenters. The van der Waals surface area contributed by atoms with Gasteiger partial charge in [-0.15, -0.1) is 0 Å². The molecule has 0 amide bonds. The van der Waals surface area contributed by atoms with Crippen LogP contribution < -0.4 is 0 Å². The van der Waals surface area contributed by atoms with Crippen LogP contribution in [-0.2, 0) is 0 Å². The minimum atomic E-state index is -0.0474. The third-order valence-corrected chi connectivity index (χ3v) is 4.63. The second-order valence-corrected chi connectivity index (χ2v) is 5.25. The highest BCUT2D eigenvalue weighted by molar-refractivity contribution is 9.09. The van der Waals surface area contributed by atoms with E-state index in [-0.39, 0.29) is 6.10 Å². The molecule has 13 heavy (non-hydrogen) atoms. The molecule has 2 rings (SSSR count). The number of aliphatic hydroxyl groups is 1. The van der Waals surface area contributed by atoms with Crippen molar-refractivity contribution in [3.05, 3.63) is 0 Å². The SMILES string of the molecule is OC1CN(CC2(CBr)CCCC2)C1. The van der Waals surface area contributed by atoms with E-state index in [9.17, 15) is 5.11 Å². The Hall–Kier alpha value is 0.400. The zero-order valence-electron chi connectivity index (χ0n) is 8.01. The molecule has 2 nitrogen and oxygen atoms in total. The summed E-state index contributed by atoms with van der Waals surface area (Å²) in [7, 11) is 0. The molecule has 0 radical (unpaired) electrons. The summed E-state index contributed by atoms with van der Waals surface area (Å²) in [6.07, 6.45) is 5.47. The van der Waals surface area contributed by atoms with Gasteiger partial charge in [0.2, 0.25) is 0 Å². The van der Waals surface area contributed by atoms with E-state index in [1.54, 1.807) is 0 Å². The third-order valence-electron chi connectivity index (χ3n) is 3.44. The number of rotatable bonds is 3. The first-order chi connectivity index (χ1) is 6.24. The second kappa shape index (κ2) is 3.87. The van der Waals surface area contributed by atoms with Crippen LogP contribution in [0.2, 0.25) is 0 Å². The number of halogens is 1. The summed E-state index contributed by atoms with van der Waals surface area (Å²) < 4.78 is 0. The maximum absolute atomic E-state index is 9.20. The van der Waals surface area contributed by atoms with Crippen LogP contribution in [0, 0.1) is 5.41 Å². The van der Waals surface area contributed by atoms with Crippen molar-refractivity contribution < 1.29 is 5.11 Å². The van der Waals surface area contributed by atoms with Crippen LogP contribution >= 0.6 is 15.9 Å². The quantitative estimate of drug-likeness (QED) is 0.767. The molecule has 0 aromatic heterocycles. The van der Waals surface area contributed by atoms with Crippen LogP contribution in [0.15, 0.2) is 0 Å². The predicted octanol–water partition coefficient (Wildman–Crippen LogP) is 1.62. The maximum atomic E-state index is 9.20. The van der Waals surface area contributed by atoms with Gasteiger partial charge in [-0.25, -0.2) is 0 Å². The minimum absolute atomic E-state index is 0.0474. The standard InChI is InChI=1S/C10H18BrNO/c11-7-10(3-1-2-4-10)8-12-5-9(13)6-12/h9,13H,1-8H2. The average molecular weight is 248 g/mol. The fourth-order valence-corrected chi connectivity index (χ4v) is 3.34. The Morgan fingerprint density at radius 2 is 1.92 bits per heavy atom. The average Bonchev–Trinajstić information content (AvgIpc) is 2.51. The number of β-amino-alcohol motifs (C(OH)–C–C–N with tert-alkyl or cyclic N) is 1. The first-order valence-corrected chi connectivity index (χ1v) is 6.33. The Balaban J connectivity index is 1.83. The molecular weight excluding hydrogens is 230 g/mol. The highest BCUT2D eigenvalue weighted by atomic mass is 79.9. The van der Waals surface area contributed by atoms with Crippen LogP contribution in [0.4, 0.5) is 0 Å². The molecule has 1 saturated heterocycles. The van der Waals surface area contributed by atoms with Gasteiger partial charge in [0, 0.05) is 25.0 Å². The highest BCUT2D eigenvalue weighted by Crippen LogP contribution is 2.40. The molecule has 0 aromatic carbocycles. The number of hydrogen-bond acceptors (Lipinski definition) is 2. The van der Waals surface area contributed by atoms with Gasteiger partial charge < -0.3 is 5.11 Å². The van der Waals surface area contributed by atoms with E-state index in [0.29, 0.717) is 5.41 Å². The molecule has 0 spiro atoms. The fourth-order valence-electron chi connectivity index (χ4n) is 2.61. The summed E-state index contributed by atoms with van der Waals surface area (Å²) in [5.74, 6) is 0. The molecule has 76 valence electrons. The molecule has 1 saturated carbocycles. The molecule has 0 unspecified atom stereocenters. The number of alkyl halides is 1. The van der Waals surface area contributed by atoms with Gasteiger partial charge >= 0.3 is 0 Å². The monoisotopic (exact) mass is 247 g/mol. The van der Waals surface area contributed by atoms with Crippen LogP contribution in [0.1, 0.15) is 25.7 Å². The predicted molar refractivity (Wildman–Crippen MR) is 57.1 cm³/mol. The van der Waals surface area contributed by atoms with Gasteiger partial charge in [-0.05, 0) is 18.3 Å². The lowest BCUT2D eigenvalue weighted by Gasteiger charge is -2.42. The van der Waals surface area contributed by atoms with Crippen molar-refractivity contribution in [2.45, 2.75) is 31.8 Å². The highest BCUT2D eigenvalue weighted by Gasteiger charge is 2.37. The van der Waals surface area contributed by atoms with Crippen LogP contribution in [0.5, 0.6) is 0 Å². The summed E-state index contributed by atoms with van der Waals surface area (Å²) >= 11 is 3.64. The van der Waals surface area contributed by atoms with E-state index in [1.165, 1.54) is 32.2 Å². The van der Waals surface area contributed by atoms with E-state index in [1.807, 2.05) is 0 Å². The Morgan fingerprint density at radius 1 is 1.31 bits per heavy atom. The van der Waals surface area contributed by atoms with Gasteiger partial charge in [0.15, 0.2) is 0 Å². The van der Waals surface area contributed by atoms with Gasteiger partial charge in [0.05, 0.1) is 6.10 Å². The van der Waals surface area contributed by atoms with Gasteiger partial charge in [0.25, 0.3) is 0 Å². The molecule has 0 bridgehead atoms. The summed E-state index contributed by atoms with van der Waals surface area (Å²) in [5.41, 5.74) is 0.528. The second-order valence-electron chi connectivity index (χ2n) is 4.69. The largest absolute Gasteiger partial charge is 0.390 e. The molecular formula is C10H18BrNO. The van der Waals surface area contributed by atoms with Gasteiger partial charge in [-0.1, -0.05) is 28.8 Å². The lowest BCUT2D eigenvalue weighted by molar-refractivity contribution is -0.0179. The topological polar surface area (TPSA) is 23.5 Å². The maximum Gasteiger partial charge on any atom is 0.0793 e. The molecule has 1 aliphatic carbocycles. The Bertz CT molecular complexity index is 174. The van der Waals surface area contributed by atoms with Crippen LogP contribution in [0.25, 0.3) is 0 Å². The van der Waals surface area contributed by atoms with Crippen LogP contribution in [0.3, 0.4) is 0 Å². The number of likely N-dealkylation sites (tertiary alicyclic amines) is 1. The van der Waals surface area contributed by atoms with Crippen molar-refractivity contribution >= 4 is 15.9 Å². The molecule has 1 aliphatic heterocycles. The number of nitrogens with zero attached hydrogens (tertiary/aromatic N) is 1. The zero-order valence-corrected chi connectivity index (χ0v) is 9.59. The molecule has 3 heteroatoms. The van der Waals surface area contributed by atoms with E-state index < -0.39 is 0 Å². The fraction of sp³-hybridized carbons (Fsp3) is 1.00. The van der Waals surface area contributed by atoms with Gasteiger partial charge in [-0.3, -0.25) is 4.90 Å². The molecule has 1 heterocycles.